The van der Waals surface area contributed by atoms with Crippen molar-refractivity contribution in [3.8, 4) is 11.3 Å². The van der Waals surface area contributed by atoms with Crippen molar-refractivity contribution in [2.24, 2.45) is 5.92 Å². The number of imidazole rings is 1. The zero-order valence-corrected chi connectivity index (χ0v) is 11.6. The molecule has 2 aromatic rings. The zero-order chi connectivity index (χ0) is 13.1. The van der Waals surface area contributed by atoms with Crippen LogP contribution < -0.4 is 5.32 Å². The summed E-state index contributed by atoms with van der Waals surface area (Å²) < 4.78 is 2.24. The number of piperidine rings is 1. The van der Waals surface area contributed by atoms with Crippen molar-refractivity contribution in [3.63, 3.8) is 0 Å². The lowest BCUT2D eigenvalue weighted by molar-refractivity contribution is 0.338. The molecule has 1 N–H and O–H groups in total. The summed E-state index contributed by atoms with van der Waals surface area (Å²) in [4.78, 5) is 4.29. The molecule has 1 saturated heterocycles. The van der Waals surface area contributed by atoms with Crippen molar-refractivity contribution in [1.82, 2.24) is 14.9 Å². The molecular weight excluding hydrogens is 258 g/mol. The van der Waals surface area contributed by atoms with E-state index in [2.05, 4.69) is 20.9 Å². The molecule has 100 valence electrons. The van der Waals surface area contributed by atoms with E-state index in [-0.39, 0.29) is 0 Å². The highest BCUT2D eigenvalue weighted by atomic mass is 35.5. The lowest BCUT2D eigenvalue weighted by Gasteiger charge is -2.23. The van der Waals surface area contributed by atoms with E-state index < -0.39 is 0 Å². The fourth-order valence-corrected chi connectivity index (χ4v) is 2.90. The smallest absolute Gasteiger partial charge is 0.0951 e. The first-order valence-corrected chi connectivity index (χ1v) is 7.17. The van der Waals surface area contributed by atoms with Crippen LogP contribution in [0.1, 0.15) is 12.8 Å². The van der Waals surface area contributed by atoms with Gasteiger partial charge < -0.3 is 9.88 Å². The number of nitrogens with one attached hydrogen (secondary N) is 1. The summed E-state index contributed by atoms with van der Waals surface area (Å²) in [5.74, 6) is 0.695. The summed E-state index contributed by atoms with van der Waals surface area (Å²) in [5, 5.41) is 4.23. The van der Waals surface area contributed by atoms with Crippen LogP contribution in [0.3, 0.4) is 0 Å². The Morgan fingerprint density at radius 2 is 2.37 bits per heavy atom. The van der Waals surface area contributed by atoms with Gasteiger partial charge in [0.2, 0.25) is 0 Å². The van der Waals surface area contributed by atoms with Gasteiger partial charge in [-0.25, -0.2) is 4.98 Å². The van der Waals surface area contributed by atoms with E-state index in [4.69, 9.17) is 11.6 Å². The summed E-state index contributed by atoms with van der Waals surface area (Å²) >= 11 is 6.07. The second-order valence-corrected chi connectivity index (χ2v) is 5.59. The van der Waals surface area contributed by atoms with Crippen molar-refractivity contribution in [2.75, 3.05) is 13.1 Å². The predicted octanol–water partition coefficient (Wildman–Crippen LogP) is 3.20. The predicted molar refractivity (Wildman–Crippen MR) is 78.3 cm³/mol. The summed E-state index contributed by atoms with van der Waals surface area (Å²) in [5.41, 5.74) is 2.28. The van der Waals surface area contributed by atoms with Gasteiger partial charge in [-0.3, -0.25) is 0 Å². The van der Waals surface area contributed by atoms with Gasteiger partial charge in [-0.2, -0.15) is 0 Å². The molecule has 0 amide bonds. The third-order valence-corrected chi connectivity index (χ3v) is 3.92. The molecule has 1 aromatic carbocycles. The summed E-state index contributed by atoms with van der Waals surface area (Å²) in [6.07, 6.45) is 6.40. The summed E-state index contributed by atoms with van der Waals surface area (Å²) in [6.45, 7) is 3.28. The highest BCUT2D eigenvalue weighted by Crippen LogP contribution is 2.24. The Labute approximate surface area is 118 Å². The molecule has 1 aliphatic rings. The van der Waals surface area contributed by atoms with Gasteiger partial charge in [0.05, 0.1) is 18.2 Å². The third-order valence-electron chi connectivity index (χ3n) is 3.69. The van der Waals surface area contributed by atoms with Gasteiger partial charge in [0.25, 0.3) is 0 Å². The standard InChI is InChI=1S/C15H18ClN3/c16-14-5-1-4-13(7-14)15-9-18-11-19(15)10-12-3-2-6-17-8-12/h1,4-5,7,9,11-12,17H,2-3,6,8,10H2. The van der Waals surface area contributed by atoms with E-state index in [1.807, 2.05) is 30.7 Å². The van der Waals surface area contributed by atoms with Gasteiger partial charge in [0.1, 0.15) is 0 Å². The van der Waals surface area contributed by atoms with E-state index in [0.717, 1.165) is 35.9 Å². The molecule has 0 spiro atoms. The second-order valence-electron chi connectivity index (χ2n) is 5.15. The van der Waals surface area contributed by atoms with E-state index in [1.54, 1.807) is 0 Å². The molecule has 1 atom stereocenters. The van der Waals surface area contributed by atoms with Gasteiger partial charge in [-0.05, 0) is 44.0 Å². The van der Waals surface area contributed by atoms with Crippen molar-refractivity contribution in [1.29, 1.82) is 0 Å². The Morgan fingerprint density at radius 1 is 1.42 bits per heavy atom. The van der Waals surface area contributed by atoms with Crippen LogP contribution in [-0.4, -0.2) is 22.6 Å². The summed E-state index contributed by atoms with van der Waals surface area (Å²) in [6, 6.07) is 7.96. The van der Waals surface area contributed by atoms with Crippen molar-refractivity contribution in [3.05, 3.63) is 41.8 Å². The first-order valence-electron chi connectivity index (χ1n) is 6.80. The molecular formula is C15H18ClN3. The topological polar surface area (TPSA) is 29.9 Å². The fraction of sp³-hybridized carbons (Fsp3) is 0.400. The number of aromatic nitrogens is 2. The van der Waals surface area contributed by atoms with Crippen LogP contribution in [0.4, 0.5) is 0 Å². The van der Waals surface area contributed by atoms with Gasteiger partial charge in [-0.1, -0.05) is 23.7 Å². The van der Waals surface area contributed by atoms with Gasteiger partial charge in [0, 0.05) is 17.1 Å². The number of benzene rings is 1. The number of rotatable bonds is 3. The molecule has 4 heteroatoms. The van der Waals surface area contributed by atoms with Crippen molar-refractivity contribution in [2.45, 2.75) is 19.4 Å². The number of hydrogen-bond acceptors (Lipinski definition) is 2. The maximum Gasteiger partial charge on any atom is 0.0951 e. The molecule has 1 fully saturated rings. The number of hydrogen-bond donors (Lipinski definition) is 1. The minimum Gasteiger partial charge on any atom is -0.330 e. The lowest BCUT2D eigenvalue weighted by atomic mass is 9.99. The first-order chi connectivity index (χ1) is 9.33. The third kappa shape index (κ3) is 2.99. The van der Waals surface area contributed by atoms with Crippen molar-refractivity contribution >= 4 is 11.6 Å². The molecule has 0 saturated carbocycles. The molecule has 0 aliphatic carbocycles. The fourth-order valence-electron chi connectivity index (χ4n) is 2.71. The molecule has 0 bridgehead atoms. The van der Waals surface area contributed by atoms with Crippen LogP contribution in [-0.2, 0) is 6.54 Å². The van der Waals surface area contributed by atoms with Crippen LogP contribution in [0.5, 0.6) is 0 Å². The molecule has 3 nitrogen and oxygen atoms in total. The van der Waals surface area contributed by atoms with Crippen LogP contribution >= 0.6 is 11.6 Å². The Hall–Kier alpha value is -1.32. The first kappa shape index (κ1) is 12.7. The summed E-state index contributed by atoms with van der Waals surface area (Å²) in [7, 11) is 0. The van der Waals surface area contributed by atoms with Crippen LogP contribution in [0.15, 0.2) is 36.8 Å². The molecule has 1 aromatic heterocycles. The van der Waals surface area contributed by atoms with Gasteiger partial charge in [0.15, 0.2) is 0 Å². The molecule has 1 aliphatic heterocycles. The average Bonchev–Trinajstić information content (AvgIpc) is 2.88. The van der Waals surface area contributed by atoms with Gasteiger partial charge >= 0.3 is 0 Å². The van der Waals surface area contributed by atoms with E-state index in [9.17, 15) is 0 Å². The maximum absolute atomic E-state index is 6.07. The second kappa shape index (κ2) is 5.76. The minimum atomic E-state index is 0.695. The molecule has 1 unspecified atom stereocenters. The van der Waals surface area contributed by atoms with Crippen molar-refractivity contribution < 1.29 is 0 Å². The van der Waals surface area contributed by atoms with Gasteiger partial charge in [-0.15, -0.1) is 0 Å². The Morgan fingerprint density at radius 3 is 3.16 bits per heavy atom. The highest BCUT2D eigenvalue weighted by Gasteiger charge is 2.15. The normalized spacial score (nSPS) is 19.5. The monoisotopic (exact) mass is 275 g/mol. The average molecular weight is 276 g/mol. The molecule has 19 heavy (non-hydrogen) atoms. The molecule has 3 rings (SSSR count). The molecule has 0 radical (unpaired) electrons. The number of halogens is 1. The Balaban J connectivity index is 1.81. The Bertz CT molecular complexity index is 544. The quantitative estimate of drug-likeness (QED) is 0.932. The Kier molecular flexibility index (Phi) is 3.85. The lowest BCUT2D eigenvalue weighted by Crippen LogP contribution is -2.32. The number of nitrogens with zero attached hydrogens (tertiary/aromatic N) is 2. The van der Waals surface area contributed by atoms with Crippen LogP contribution in [0, 0.1) is 5.92 Å². The highest BCUT2D eigenvalue weighted by molar-refractivity contribution is 6.30. The largest absolute Gasteiger partial charge is 0.330 e. The van der Waals surface area contributed by atoms with E-state index in [1.165, 1.54) is 12.8 Å². The maximum atomic E-state index is 6.07. The van der Waals surface area contributed by atoms with Crippen LogP contribution in [0.2, 0.25) is 5.02 Å². The van der Waals surface area contributed by atoms with E-state index in [0.29, 0.717) is 5.92 Å². The van der Waals surface area contributed by atoms with Crippen LogP contribution in [0.25, 0.3) is 11.3 Å². The SMILES string of the molecule is Clc1cccc(-c2cncn2CC2CCCNC2)c1. The molecule has 2 heterocycles. The zero-order valence-electron chi connectivity index (χ0n) is 10.8. The minimum absolute atomic E-state index is 0.695. The van der Waals surface area contributed by atoms with E-state index >= 15 is 0 Å².